The van der Waals surface area contributed by atoms with Crippen LogP contribution in [-0.4, -0.2) is 11.2 Å². The molecule has 4 rings (SSSR count). The number of unbranched alkanes of at least 4 members (excludes halogenated alkanes) is 9. The zero-order valence-electron chi connectivity index (χ0n) is 22.5. The molecule has 0 aliphatic rings. The molecule has 0 saturated carbocycles. The van der Waals surface area contributed by atoms with E-state index in [1.165, 1.54) is 90.0 Å². The van der Waals surface area contributed by atoms with E-state index in [2.05, 4.69) is 95.2 Å². The molecule has 0 aliphatic carbocycles. The summed E-state index contributed by atoms with van der Waals surface area (Å²) in [7, 11) is 0. The van der Waals surface area contributed by atoms with Crippen molar-refractivity contribution in [3.63, 3.8) is 0 Å². The van der Waals surface area contributed by atoms with Gasteiger partial charge in [0.1, 0.15) is 0 Å². The lowest BCUT2D eigenvalue weighted by Gasteiger charge is -2.05. The van der Waals surface area contributed by atoms with E-state index >= 15 is 0 Å². The fourth-order valence-corrected chi connectivity index (χ4v) is 6.91. The highest BCUT2D eigenvalue weighted by Crippen LogP contribution is 2.33. The SMILES string of the molecule is CCCCCCCCCCCCc1ccc(CSc2nc3ccc(N=Cc4ccc(I)cc4)cc3s2)cc1. The second-order valence-electron chi connectivity index (χ2n) is 9.98. The number of aliphatic imine (C=N–C) groups is 1. The number of benzene rings is 3. The van der Waals surface area contributed by atoms with Gasteiger partial charge in [0.25, 0.3) is 0 Å². The number of thioether (sulfide) groups is 1. The van der Waals surface area contributed by atoms with Crippen molar-refractivity contribution in [2.75, 3.05) is 0 Å². The number of halogens is 1. The molecule has 0 bridgehead atoms. The minimum atomic E-state index is 0.955. The third-order valence-corrected chi connectivity index (χ3v) is 9.74. The predicted octanol–water partition coefficient (Wildman–Crippen LogP) is 11.4. The van der Waals surface area contributed by atoms with E-state index in [0.29, 0.717) is 0 Å². The van der Waals surface area contributed by atoms with E-state index in [9.17, 15) is 0 Å². The molecule has 0 radical (unpaired) electrons. The van der Waals surface area contributed by atoms with E-state index in [1.807, 2.05) is 24.0 Å². The second-order valence-corrected chi connectivity index (χ2v) is 13.5. The number of nitrogens with zero attached hydrogens (tertiary/aromatic N) is 2. The van der Waals surface area contributed by atoms with Gasteiger partial charge in [0, 0.05) is 15.5 Å². The number of aromatic nitrogens is 1. The summed E-state index contributed by atoms with van der Waals surface area (Å²) in [4.78, 5) is 9.50. The van der Waals surface area contributed by atoms with Crippen LogP contribution in [0, 0.1) is 3.57 Å². The van der Waals surface area contributed by atoms with Crippen LogP contribution in [0.3, 0.4) is 0 Å². The third kappa shape index (κ3) is 10.1. The summed E-state index contributed by atoms with van der Waals surface area (Å²) >= 11 is 5.90. The minimum absolute atomic E-state index is 0.955. The number of aryl methyl sites for hydroxylation is 1. The zero-order chi connectivity index (χ0) is 26.4. The van der Waals surface area contributed by atoms with Crippen molar-refractivity contribution < 1.29 is 0 Å². The molecule has 0 amide bonds. The molecule has 1 aromatic heterocycles. The summed E-state index contributed by atoms with van der Waals surface area (Å²) in [5.41, 5.74) is 5.97. The van der Waals surface area contributed by atoms with Crippen LogP contribution >= 0.6 is 45.7 Å². The normalized spacial score (nSPS) is 11.6. The lowest BCUT2D eigenvalue weighted by atomic mass is 10.0. The fraction of sp³-hybridized carbons (Fsp3) is 0.394. The van der Waals surface area contributed by atoms with Gasteiger partial charge in [0.2, 0.25) is 0 Å². The number of rotatable bonds is 16. The monoisotopic (exact) mass is 654 g/mol. The Kier molecular flexibility index (Phi) is 12.7. The van der Waals surface area contributed by atoms with Crippen LogP contribution in [0.5, 0.6) is 0 Å². The lowest BCUT2D eigenvalue weighted by Crippen LogP contribution is -1.88. The summed E-state index contributed by atoms with van der Waals surface area (Å²) in [6, 6.07) is 23.9. The maximum absolute atomic E-state index is 4.83. The molecule has 0 spiro atoms. The molecule has 200 valence electrons. The summed E-state index contributed by atoms with van der Waals surface area (Å²) < 4.78 is 3.54. The maximum Gasteiger partial charge on any atom is 0.151 e. The van der Waals surface area contributed by atoms with E-state index in [0.717, 1.165) is 26.9 Å². The highest BCUT2D eigenvalue weighted by molar-refractivity contribution is 14.1. The average molecular weight is 655 g/mol. The van der Waals surface area contributed by atoms with Crippen LogP contribution in [0.2, 0.25) is 0 Å². The Bertz CT molecular complexity index is 1260. The largest absolute Gasteiger partial charge is 0.256 e. The standard InChI is InChI=1S/C33H39IN2S2/c1-2-3-4-5-6-7-8-9-10-11-12-26-13-15-28(16-14-26)25-37-33-36-31-22-21-30(23-32(31)38-33)35-24-27-17-19-29(34)20-18-27/h13-24H,2-12,25H2,1H3. The minimum Gasteiger partial charge on any atom is -0.256 e. The summed E-state index contributed by atoms with van der Waals surface area (Å²) in [5.74, 6) is 0.955. The topological polar surface area (TPSA) is 25.2 Å². The highest BCUT2D eigenvalue weighted by Gasteiger charge is 2.06. The molecule has 1 heterocycles. The van der Waals surface area contributed by atoms with Crippen LogP contribution in [0.15, 0.2) is 76.1 Å². The Morgan fingerprint density at radius 1 is 0.789 bits per heavy atom. The molecule has 0 atom stereocenters. The molecule has 3 aromatic carbocycles. The molecule has 0 aliphatic heterocycles. The quantitative estimate of drug-likeness (QED) is 0.0520. The molecule has 4 aromatic rings. The summed E-state index contributed by atoms with van der Waals surface area (Å²) in [5, 5.41) is 0. The maximum atomic E-state index is 4.83. The first kappa shape index (κ1) is 29.3. The van der Waals surface area contributed by atoms with Gasteiger partial charge < -0.3 is 0 Å². The smallest absolute Gasteiger partial charge is 0.151 e. The Hall–Kier alpha value is -1.70. The Balaban J connectivity index is 1.17. The lowest BCUT2D eigenvalue weighted by molar-refractivity contribution is 0.556. The predicted molar refractivity (Wildman–Crippen MR) is 178 cm³/mol. The zero-order valence-corrected chi connectivity index (χ0v) is 26.3. The first-order valence-electron chi connectivity index (χ1n) is 14.1. The first-order valence-corrected chi connectivity index (χ1v) is 17.0. The number of fused-ring (bicyclic) bond motifs is 1. The molecule has 0 N–H and O–H groups in total. The van der Waals surface area contributed by atoms with Gasteiger partial charge in [-0.25, -0.2) is 4.98 Å². The van der Waals surface area contributed by atoms with Gasteiger partial charge in [-0.15, -0.1) is 11.3 Å². The van der Waals surface area contributed by atoms with Crippen molar-refractivity contribution in [2.24, 2.45) is 4.99 Å². The number of hydrogen-bond acceptors (Lipinski definition) is 4. The molecule has 0 saturated heterocycles. The Morgan fingerprint density at radius 2 is 1.45 bits per heavy atom. The Morgan fingerprint density at radius 3 is 2.16 bits per heavy atom. The molecule has 2 nitrogen and oxygen atoms in total. The second kappa shape index (κ2) is 16.4. The van der Waals surface area contributed by atoms with Crippen molar-refractivity contribution >= 4 is 67.8 Å². The van der Waals surface area contributed by atoms with E-state index in [-0.39, 0.29) is 0 Å². The van der Waals surface area contributed by atoms with Crippen LogP contribution in [0.1, 0.15) is 87.8 Å². The fourth-order valence-electron chi connectivity index (χ4n) is 4.50. The van der Waals surface area contributed by atoms with Gasteiger partial charge in [0.15, 0.2) is 4.34 Å². The Labute approximate surface area is 250 Å². The van der Waals surface area contributed by atoms with E-state index in [1.54, 1.807) is 11.3 Å². The average Bonchev–Trinajstić information content (AvgIpc) is 3.35. The van der Waals surface area contributed by atoms with E-state index < -0.39 is 0 Å². The van der Waals surface area contributed by atoms with Crippen molar-refractivity contribution in [3.8, 4) is 0 Å². The van der Waals surface area contributed by atoms with Crippen LogP contribution in [-0.2, 0) is 12.2 Å². The highest BCUT2D eigenvalue weighted by atomic mass is 127. The number of thiazole rings is 1. The molecule has 38 heavy (non-hydrogen) atoms. The molecular formula is C33H39IN2S2. The first-order chi connectivity index (χ1) is 18.7. The summed E-state index contributed by atoms with van der Waals surface area (Å²) in [6.45, 7) is 2.29. The van der Waals surface area contributed by atoms with Gasteiger partial charge >= 0.3 is 0 Å². The van der Waals surface area contributed by atoms with Crippen LogP contribution < -0.4 is 0 Å². The van der Waals surface area contributed by atoms with Gasteiger partial charge in [-0.3, -0.25) is 4.99 Å². The van der Waals surface area contributed by atoms with Crippen molar-refractivity contribution in [3.05, 3.63) is 87.0 Å². The van der Waals surface area contributed by atoms with Gasteiger partial charge in [-0.05, 0) is 82.5 Å². The van der Waals surface area contributed by atoms with Crippen LogP contribution in [0.4, 0.5) is 5.69 Å². The van der Waals surface area contributed by atoms with Crippen molar-refractivity contribution in [1.82, 2.24) is 4.98 Å². The molecular weight excluding hydrogens is 615 g/mol. The third-order valence-electron chi connectivity index (χ3n) is 6.79. The molecule has 5 heteroatoms. The molecule has 0 fully saturated rings. The van der Waals surface area contributed by atoms with Crippen LogP contribution in [0.25, 0.3) is 10.2 Å². The van der Waals surface area contributed by atoms with Gasteiger partial charge in [-0.2, -0.15) is 0 Å². The van der Waals surface area contributed by atoms with Crippen molar-refractivity contribution in [1.29, 1.82) is 0 Å². The number of hydrogen-bond donors (Lipinski definition) is 0. The summed E-state index contributed by atoms with van der Waals surface area (Å²) in [6.07, 6.45) is 17.1. The van der Waals surface area contributed by atoms with Crippen molar-refractivity contribution in [2.45, 2.75) is 87.6 Å². The van der Waals surface area contributed by atoms with Gasteiger partial charge in [0.05, 0.1) is 15.9 Å². The van der Waals surface area contributed by atoms with Gasteiger partial charge in [-0.1, -0.05) is 113 Å². The molecule has 0 unspecified atom stereocenters. The van der Waals surface area contributed by atoms with E-state index in [4.69, 9.17) is 4.98 Å².